The molecule has 1 aliphatic carbocycles. The minimum Gasteiger partial charge on any atom is -0.323 e. The van der Waals surface area contributed by atoms with Crippen molar-refractivity contribution in [3.05, 3.63) is 0 Å². The van der Waals surface area contributed by atoms with Gasteiger partial charge in [-0.25, -0.2) is 0 Å². The lowest BCUT2D eigenvalue weighted by molar-refractivity contribution is 0.0874. The van der Waals surface area contributed by atoms with E-state index in [-0.39, 0.29) is 5.54 Å². The fourth-order valence-corrected chi connectivity index (χ4v) is 2.93. The molecule has 2 unspecified atom stereocenters. The third-order valence-electron chi connectivity index (χ3n) is 3.74. The molecule has 4 rings (SSSR count). The van der Waals surface area contributed by atoms with E-state index in [0.717, 1.165) is 12.0 Å². The summed E-state index contributed by atoms with van der Waals surface area (Å²) in [4.78, 5) is 2.58. The molecule has 4 aliphatic rings. The number of hydrogen-bond acceptors (Lipinski definition) is 2. The molecule has 0 aromatic heterocycles. The third-order valence-corrected chi connectivity index (χ3v) is 3.74. The maximum atomic E-state index is 6.20. The Morgan fingerprint density at radius 2 is 2.00 bits per heavy atom. The van der Waals surface area contributed by atoms with E-state index in [1.165, 1.54) is 32.4 Å². The summed E-state index contributed by atoms with van der Waals surface area (Å²) in [5, 5.41) is 0. The van der Waals surface area contributed by atoms with E-state index in [2.05, 4.69) is 4.90 Å². The van der Waals surface area contributed by atoms with Gasteiger partial charge in [-0.3, -0.25) is 4.90 Å². The lowest BCUT2D eigenvalue weighted by atomic mass is 9.83. The van der Waals surface area contributed by atoms with E-state index in [4.69, 9.17) is 5.73 Å². The van der Waals surface area contributed by atoms with E-state index in [9.17, 15) is 0 Å². The molecule has 1 saturated carbocycles. The van der Waals surface area contributed by atoms with E-state index in [1.807, 2.05) is 0 Å². The Morgan fingerprint density at radius 3 is 2.40 bits per heavy atom. The highest BCUT2D eigenvalue weighted by Crippen LogP contribution is 2.53. The molecule has 2 heteroatoms. The van der Waals surface area contributed by atoms with Crippen LogP contribution in [-0.4, -0.2) is 29.6 Å². The Morgan fingerprint density at radius 1 is 1.30 bits per heavy atom. The van der Waals surface area contributed by atoms with Crippen LogP contribution in [0.1, 0.15) is 19.3 Å². The monoisotopic (exact) mass is 138 g/mol. The number of piperidine rings is 3. The lowest BCUT2D eigenvalue weighted by Crippen LogP contribution is -2.54. The van der Waals surface area contributed by atoms with Crippen LogP contribution in [0.5, 0.6) is 0 Å². The third kappa shape index (κ3) is 0.453. The van der Waals surface area contributed by atoms with Gasteiger partial charge in [-0.1, -0.05) is 0 Å². The van der Waals surface area contributed by atoms with Gasteiger partial charge in [0.25, 0.3) is 0 Å². The zero-order valence-corrected chi connectivity index (χ0v) is 6.21. The van der Waals surface area contributed by atoms with Gasteiger partial charge in [-0.2, -0.15) is 0 Å². The molecule has 3 heterocycles. The summed E-state index contributed by atoms with van der Waals surface area (Å²) in [6, 6.07) is 0.792. The topological polar surface area (TPSA) is 29.3 Å². The van der Waals surface area contributed by atoms with Crippen molar-refractivity contribution < 1.29 is 0 Å². The van der Waals surface area contributed by atoms with Crippen molar-refractivity contribution in [3.8, 4) is 0 Å². The first-order valence-electron chi connectivity index (χ1n) is 4.33. The summed E-state index contributed by atoms with van der Waals surface area (Å²) < 4.78 is 0. The Labute approximate surface area is 61.4 Å². The average molecular weight is 138 g/mol. The van der Waals surface area contributed by atoms with Crippen LogP contribution in [0.25, 0.3) is 0 Å². The summed E-state index contributed by atoms with van der Waals surface area (Å²) in [7, 11) is 0. The zero-order valence-electron chi connectivity index (χ0n) is 6.21. The molecular formula is C8H14N2. The standard InChI is InChI=1S/C8H14N2/c9-8-5-7(8)10-3-1-6(8)2-4-10/h6-7H,1-5,9H2. The summed E-state index contributed by atoms with van der Waals surface area (Å²) in [6.45, 7) is 2.66. The Kier molecular flexibility index (Phi) is 0.783. The van der Waals surface area contributed by atoms with Gasteiger partial charge in [0.2, 0.25) is 0 Å². The molecule has 0 amide bonds. The quantitative estimate of drug-likeness (QED) is 0.517. The molecule has 0 aromatic carbocycles. The Balaban J connectivity index is 1.98. The van der Waals surface area contributed by atoms with Gasteiger partial charge in [0, 0.05) is 11.6 Å². The molecule has 2 nitrogen and oxygen atoms in total. The maximum Gasteiger partial charge on any atom is 0.0358 e. The Bertz CT molecular complexity index is 172. The largest absolute Gasteiger partial charge is 0.323 e. The maximum absolute atomic E-state index is 6.20. The van der Waals surface area contributed by atoms with E-state index in [1.54, 1.807) is 0 Å². The summed E-state index contributed by atoms with van der Waals surface area (Å²) in [6.07, 6.45) is 4.03. The second-order valence-corrected chi connectivity index (χ2v) is 4.14. The van der Waals surface area contributed by atoms with Gasteiger partial charge in [-0.05, 0) is 38.3 Å². The summed E-state index contributed by atoms with van der Waals surface area (Å²) in [5.74, 6) is 0.877. The molecule has 2 bridgehead atoms. The van der Waals surface area contributed by atoms with Crippen molar-refractivity contribution in [2.45, 2.75) is 30.8 Å². The smallest absolute Gasteiger partial charge is 0.0358 e. The van der Waals surface area contributed by atoms with Crippen molar-refractivity contribution in [2.75, 3.05) is 13.1 Å². The molecule has 0 aromatic rings. The van der Waals surface area contributed by atoms with Crippen LogP contribution in [-0.2, 0) is 0 Å². The summed E-state index contributed by atoms with van der Waals surface area (Å²) >= 11 is 0. The van der Waals surface area contributed by atoms with Gasteiger partial charge in [-0.15, -0.1) is 0 Å². The van der Waals surface area contributed by atoms with E-state index >= 15 is 0 Å². The molecule has 56 valence electrons. The van der Waals surface area contributed by atoms with Crippen molar-refractivity contribution in [1.29, 1.82) is 0 Å². The predicted molar refractivity (Wildman–Crippen MR) is 39.6 cm³/mol. The van der Waals surface area contributed by atoms with Crippen molar-refractivity contribution >= 4 is 0 Å². The number of hydrogen-bond donors (Lipinski definition) is 1. The van der Waals surface area contributed by atoms with E-state index < -0.39 is 0 Å². The van der Waals surface area contributed by atoms with Crippen LogP contribution in [0.15, 0.2) is 0 Å². The normalized spacial score (nSPS) is 63.9. The van der Waals surface area contributed by atoms with Crippen LogP contribution in [0.2, 0.25) is 0 Å². The number of nitrogens with zero attached hydrogens (tertiary/aromatic N) is 1. The fourth-order valence-electron chi connectivity index (χ4n) is 2.93. The predicted octanol–water partition coefficient (Wildman–Crippen LogP) is 0.182. The molecule has 2 atom stereocenters. The number of rotatable bonds is 0. The minimum atomic E-state index is 0.288. The van der Waals surface area contributed by atoms with Crippen LogP contribution in [0.4, 0.5) is 0 Å². The average Bonchev–Trinajstić information content (AvgIpc) is 2.66. The molecule has 10 heavy (non-hydrogen) atoms. The second kappa shape index (κ2) is 1.41. The number of nitrogens with two attached hydrogens (primary N) is 1. The molecular weight excluding hydrogens is 124 g/mol. The first-order valence-corrected chi connectivity index (χ1v) is 4.33. The molecule has 0 spiro atoms. The van der Waals surface area contributed by atoms with Crippen LogP contribution >= 0.6 is 0 Å². The Hall–Kier alpha value is -0.0800. The van der Waals surface area contributed by atoms with Crippen LogP contribution < -0.4 is 5.73 Å². The molecule has 3 aliphatic heterocycles. The van der Waals surface area contributed by atoms with Gasteiger partial charge in [0.05, 0.1) is 0 Å². The van der Waals surface area contributed by atoms with E-state index in [0.29, 0.717) is 0 Å². The molecule has 2 N–H and O–H groups in total. The van der Waals surface area contributed by atoms with Gasteiger partial charge in [0.1, 0.15) is 0 Å². The van der Waals surface area contributed by atoms with Crippen molar-refractivity contribution in [1.82, 2.24) is 4.90 Å². The highest BCUT2D eigenvalue weighted by atomic mass is 15.3. The molecule has 4 fully saturated rings. The fraction of sp³-hybridized carbons (Fsp3) is 1.00. The highest BCUT2D eigenvalue weighted by Gasteiger charge is 2.63. The zero-order chi connectivity index (χ0) is 6.77. The highest BCUT2D eigenvalue weighted by molar-refractivity contribution is 5.22. The second-order valence-electron chi connectivity index (χ2n) is 4.14. The van der Waals surface area contributed by atoms with Crippen molar-refractivity contribution in [2.24, 2.45) is 11.7 Å². The lowest BCUT2D eigenvalue weighted by Gasteiger charge is -2.42. The van der Waals surface area contributed by atoms with Crippen molar-refractivity contribution in [3.63, 3.8) is 0 Å². The minimum absolute atomic E-state index is 0.288. The van der Waals surface area contributed by atoms with Gasteiger partial charge < -0.3 is 5.73 Å². The first-order chi connectivity index (χ1) is 4.81. The van der Waals surface area contributed by atoms with Gasteiger partial charge in [0.15, 0.2) is 0 Å². The molecule has 3 saturated heterocycles. The summed E-state index contributed by atoms with van der Waals surface area (Å²) in [5.41, 5.74) is 6.48. The number of fused-ring (bicyclic) bond motifs is 2. The SMILES string of the molecule is NC12CC1N1CCC2CC1. The van der Waals surface area contributed by atoms with Crippen LogP contribution in [0, 0.1) is 5.92 Å². The first kappa shape index (κ1) is 5.56. The molecule has 0 radical (unpaired) electrons. The van der Waals surface area contributed by atoms with Gasteiger partial charge >= 0.3 is 0 Å². The van der Waals surface area contributed by atoms with Crippen LogP contribution in [0.3, 0.4) is 0 Å².